The summed E-state index contributed by atoms with van der Waals surface area (Å²) in [5, 5.41) is 0. The molecule has 0 amide bonds. The van der Waals surface area contributed by atoms with Crippen LogP contribution in [0, 0.1) is 11.8 Å². The molecule has 0 aliphatic carbocycles. The van der Waals surface area contributed by atoms with Crippen LogP contribution in [0.2, 0.25) is 0 Å². The molecular weight excluding hydrogens is 242 g/mol. The SMILES string of the molecule is C=C/C=C/C=C/[N+]1=CC=C(/C=C/C(C)C)C(C)C1CC. The van der Waals surface area contributed by atoms with Crippen LogP contribution in [0.4, 0.5) is 0 Å². The van der Waals surface area contributed by atoms with E-state index in [-0.39, 0.29) is 0 Å². The normalized spacial score (nSPS) is 23.9. The molecule has 1 heterocycles. The van der Waals surface area contributed by atoms with E-state index >= 15 is 0 Å². The largest absolute Gasteiger partial charge is 0.202 e. The van der Waals surface area contributed by atoms with Gasteiger partial charge in [-0.1, -0.05) is 64.7 Å². The highest BCUT2D eigenvalue weighted by atomic mass is 15.0. The fourth-order valence-corrected chi connectivity index (χ4v) is 2.44. The molecule has 108 valence electrons. The van der Waals surface area contributed by atoms with Gasteiger partial charge in [-0.2, -0.15) is 0 Å². The Balaban J connectivity index is 2.92. The molecule has 0 saturated heterocycles. The molecule has 1 aliphatic rings. The number of hydrogen-bond donors (Lipinski definition) is 0. The van der Waals surface area contributed by atoms with Gasteiger partial charge in [-0.25, -0.2) is 4.58 Å². The summed E-state index contributed by atoms with van der Waals surface area (Å²) in [5.41, 5.74) is 1.43. The first kappa shape index (κ1) is 16.4. The average molecular weight is 270 g/mol. The average Bonchev–Trinajstić information content (AvgIpc) is 2.42. The van der Waals surface area contributed by atoms with Gasteiger partial charge in [0.05, 0.1) is 0 Å². The van der Waals surface area contributed by atoms with Gasteiger partial charge in [0.15, 0.2) is 18.5 Å². The predicted octanol–water partition coefficient (Wildman–Crippen LogP) is 4.89. The Hall–Kier alpha value is -1.63. The molecule has 0 aromatic carbocycles. The van der Waals surface area contributed by atoms with Crippen molar-refractivity contribution in [1.82, 2.24) is 0 Å². The Morgan fingerprint density at radius 3 is 2.65 bits per heavy atom. The Bertz CT molecular complexity index is 458. The summed E-state index contributed by atoms with van der Waals surface area (Å²) in [6, 6.07) is 0.528. The zero-order valence-electron chi connectivity index (χ0n) is 13.3. The van der Waals surface area contributed by atoms with E-state index in [2.05, 4.69) is 75.6 Å². The molecule has 1 heteroatoms. The minimum Gasteiger partial charge on any atom is -0.202 e. The van der Waals surface area contributed by atoms with Gasteiger partial charge in [0.25, 0.3) is 0 Å². The van der Waals surface area contributed by atoms with E-state index in [0.29, 0.717) is 17.9 Å². The first-order valence-electron chi connectivity index (χ1n) is 7.56. The number of rotatable bonds is 6. The zero-order valence-corrected chi connectivity index (χ0v) is 13.3. The Morgan fingerprint density at radius 1 is 1.30 bits per heavy atom. The van der Waals surface area contributed by atoms with Crippen molar-refractivity contribution < 1.29 is 4.58 Å². The van der Waals surface area contributed by atoms with E-state index in [1.54, 1.807) is 6.08 Å². The van der Waals surface area contributed by atoms with Crippen LogP contribution in [0.25, 0.3) is 0 Å². The third-order valence-corrected chi connectivity index (χ3v) is 3.63. The first-order valence-corrected chi connectivity index (χ1v) is 7.56. The Kier molecular flexibility index (Phi) is 7.00. The van der Waals surface area contributed by atoms with E-state index in [1.807, 2.05) is 12.2 Å². The lowest BCUT2D eigenvalue weighted by Crippen LogP contribution is -2.33. The quantitative estimate of drug-likeness (QED) is 0.477. The van der Waals surface area contributed by atoms with Gasteiger partial charge in [0.2, 0.25) is 0 Å². The molecule has 0 N–H and O–H groups in total. The lowest BCUT2D eigenvalue weighted by Gasteiger charge is -2.23. The van der Waals surface area contributed by atoms with E-state index in [4.69, 9.17) is 0 Å². The molecule has 1 aliphatic heterocycles. The molecule has 0 fully saturated rings. The van der Waals surface area contributed by atoms with Gasteiger partial charge in [-0.15, -0.1) is 0 Å². The van der Waals surface area contributed by atoms with Crippen molar-refractivity contribution in [3.8, 4) is 0 Å². The second-order valence-corrected chi connectivity index (χ2v) is 5.59. The van der Waals surface area contributed by atoms with Crippen molar-refractivity contribution in [1.29, 1.82) is 0 Å². The van der Waals surface area contributed by atoms with Gasteiger partial charge in [0.1, 0.15) is 0 Å². The second kappa shape index (κ2) is 8.52. The van der Waals surface area contributed by atoms with E-state index in [0.717, 1.165) is 6.42 Å². The minimum absolute atomic E-state index is 0.528. The molecule has 2 atom stereocenters. The summed E-state index contributed by atoms with van der Waals surface area (Å²) in [5.74, 6) is 1.15. The fourth-order valence-electron chi connectivity index (χ4n) is 2.44. The maximum Gasteiger partial charge on any atom is 0.169 e. The number of allylic oxidation sites excluding steroid dienone is 7. The minimum atomic E-state index is 0.528. The highest BCUT2D eigenvalue weighted by molar-refractivity contribution is 5.70. The van der Waals surface area contributed by atoms with Crippen molar-refractivity contribution in [2.45, 2.75) is 40.2 Å². The molecular formula is C19H28N+. The predicted molar refractivity (Wildman–Crippen MR) is 90.1 cm³/mol. The molecule has 0 aromatic heterocycles. The Labute approximate surface area is 124 Å². The van der Waals surface area contributed by atoms with Crippen LogP contribution >= 0.6 is 0 Å². The molecule has 0 aromatic rings. The molecule has 0 saturated carbocycles. The fraction of sp³-hybridized carbons (Fsp3) is 0.421. The zero-order chi connectivity index (χ0) is 15.0. The van der Waals surface area contributed by atoms with Gasteiger partial charge in [-0.3, -0.25) is 0 Å². The molecule has 0 radical (unpaired) electrons. The van der Waals surface area contributed by atoms with Gasteiger partial charge in [0, 0.05) is 24.5 Å². The maximum atomic E-state index is 3.67. The van der Waals surface area contributed by atoms with E-state index in [1.165, 1.54) is 5.57 Å². The van der Waals surface area contributed by atoms with Crippen molar-refractivity contribution in [3.05, 3.63) is 60.9 Å². The summed E-state index contributed by atoms with van der Waals surface area (Å²) in [6.07, 6.45) is 20.1. The molecule has 1 rings (SSSR count). The maximum absolute atomic E-state index is 3.67. The third kappa shape index (κ3) is 4.80. The summed E-state index contributed by atoms with van der Waals surface area (Å²) >= 11 is 0. The van der Waals surface area contributed by atoms with Crippen molar-refractivity contribution in [3.63, 3.8) is 0 Å². The smallest absolute Gasteiger partial charge is 0.169 e. The molecule has 2 unspecified atom stereocenters. The second-order valence-electron chi connectivity index (χ2n) is 5.59. The van der Waals surface area contributed by atoms with Crippen molar-refractivity contribution in [2.75, 3.05) is 0 Å². The molecule has 20 heavy (non-hydrogen) atoms. The summed E-state index contributed by atoms with van der Waals surface area (Å²) in [6.45, 7) is 12.7. The summed E-state index contributed by atoms with van der Waals surface area (Å²) < 4.78 is 2.31. The summed E-state index contributed by atoms with van der Waals surface area (Å²) in [7, 11) is 0. The molecule has 1 nitrogen and oxygen atoms in total. The lowest BCUT2D eigenvalue weighted by molar-refractivity contribution is -0.505. The topological polar surface area (TPSA) is 3.01 Å². The van der Waals surface area contributed by atoms with Crippen LogP contribution in [-0.2, 0) is 0 Å². The number of nitrogens with zero attached hydrogens (tertiary/aromatic N) is 1. The van der Waals surface area contributed by atoms with Gasteiger partial charge >= 0.3 is 0 Å². The van der Waals surface area contributed by atoms with Gasteiger partial charge in [-0.05, 0) is 11.5 Å². The molecule has 0 spiro atoms. The standard InChI is InChI=1S/C19H28N/c1-6-8-9-10-14-20-15-13-18(12-11-16(3)4)17(5)19(20)7-2/h6,8-17,19H,1,7H2,2-5H3/q+1/b9-8+,12-11+,14-10+. The monoisotopic (exact) mass is 270 g/mol. The highest BCUT2D eigenvalue weighted by Crippen LogP contribution is 2.24. The van der Waals surface area contributed by atoms with Gasteiger partial charge < -0.3 is 0 Å². The summed E-state index contributed by atoms with van der Waals surface area (Å²) in [4.78, 5) is 0. The lowest BCUT2D eigenvalue weighted by atomic mass is 9.88. The van der Waals surface area contributed by atoms with Crippen LogP contribution < -0.4 is 0 Å². The highest BCUT2D eigenvalue weighted by Gasteiger charge is 2.29. The van der Waals surface area contributed by atoms with Crippen LogP contribution in [0.3, 0.4) is 0 Å². The number of hydrogen-bond acceptors (Lipinski definition) is 0. The molecule has 0 bridgehead atoms. The van der Waals surface area contributed by atoms with E-state index in [9.17, 15) is 0 Å². The van der Waals surface area contributed by atoms with Crippen molar-refractivity contribution in [2.24, 2.45) is 11.8 Å². The third-order valence-electron chi connectivity index (χ3n) is 3.63. The van der Waals surface area contributed by atoms with Crippen LogP contribution in [-0.4, -0.2) is 16.8 Å². The van der Waals surface area contributed by atoms with Crippen LogP contribution in [0.5, 0.6) is 0 Å². The van der Waals surface area contributed by atoms with Crippen LogP contribution in [0.1, 0.15) is 34.1 Å². The van der Waals surface area contributed by atoms with Crippen molar-refractivity contribution >= 4 is 6.21 Å². The van der Waals surface area contributed by atoms with Crippen LogP contribution in [0.15, 0.2) is 60.9 Å². The first-order chi connectivity index (χ1) is 9.60. The van der Waals surface area contributed by atoms with E-state index < -0.39 is 0 Å². The Morgan fingerprint density at radius 2 is 2.05 bits per heavy atom.